The Morgan fingerprint density at radius 2 is 0.875 bits per heavy atom. The zero-order valence-electron chi connectivity index (χ0n) is 19.4. The van der Waals surface area contributed by atoms with Crippen molar-refractivity contribution in [3.05, 3.63) is 112 Å². The van der Waals surface area contributed by atoms with Crippen molar-refractivity contribution in [1.29, 1.82) is 0 Å². The van der Waals surface area contributed by atoms with Crippen molar-refractivity contribution in [2.24, 2.45) is 5.41 Å². The van der Waals surface area contributed by atoms with E-state index in [1.807, 2.05) is 91.0 Å². The molecule has 0 heterocycles. The number of allylic oxidation sites excluding steroid dienone is 4. The van der Waals surface area contributed by atoms with Crippen molar-refractivity contribution in [3.63, 3.8) is 0 Å². The second-order valence-corrected chi connectivity index (χ2v) is 12.2. The van der Waals surface area contributed by atoms with E-state index in [1.54, 1.807) is 0 Å². The molecule has 1 aliphatic carbocycles. The Kier molecular flexibility index (Phi) is 6.32. The Labute approximate surface area is 196 Å². The molecule has 0 atom stereocenters. The minimum absolute atomic E-state index is 0.244. The molecule has 0 radical (unpaired) electrons. The molecule has 0 N–H and O–H groups in total. The van der Waals surface area contributed by atoms with Gasteiger partial charge in [-0.2, -0.15) is 0 Å². The summed E-state index contributed by atoms with van der Waals surface area (Å²) in [7, 11) is 0. The molecule has 0 bridgehead atoms. The third-order valence-corrected chi connectivity index (χ3v) is 11.2. The minimum atomic E-state index is -4.24. The van der Waals surface area contributed by atoms with Crippen molar-refractivity contribution in [1.82, 2.24) is 0 Å². The van der Waals surface area contributed by atoms with Gasteiger partial charge in [0.15, 0.2) is 0 Å². The number of benzene rings is 3. The molecule has 0 saturated carbocycles. The van der Waals surface area contributed by atoms with Crippen molar-refractivity contribution in [3.8, 4) is 17.2 Å². The summed E-state index contributed by atoms with van der Waals surface area (Å²) in [4.78, 5) is 0. The molecule has 0 aromatic heterocycles. The maximum absolute atomic E-state index is 6.86. The standard InChI is InChI=1S/C10H15.3C6H6O.Ti/c1-7-6-10(4,5)9(3)8(7)2;3*7-6-4-2-1-3-5-6;/h1-5H3;3*1-5,7H;/q;;;;+3/p-3. The molecule has 0 fully saturated rings. The molecule has 3 aromatic rings. The van der Waals surface area contributed by atoms with E-state index in [4.69, 9.17) is 9.96 Å². The van der Waals surface area contributed by atoms with Gasteiger partial charge in [-0.15, -0.1) is 0 Å². The monoisotopic (exact) mass is 462 g/mol. The van der Waals surface area contributed by atoms with Crippen LogP contribution in [0, 0.1) is 5.41 Å². The van der Waals surface area contributed by atoms with Gasteiger partial charge in [-0.25, -0.2) is 0 Å². The molecule has 0 saturated heterocycles. The second kappa shape index (κ2) is 9.01. The van der Waals surface area contributed by atoms with Crippen LogP contribution >= 0.6 is 0 Å². The van der Waals surface area contributed by atoms with Crippen LogP contribution in [0.25, 0.3) is 0 Å². The molecule has 0 aliphatic heterocycles. The van der Waals surface area contributed by atoms with Crippen LogP contribution < -0.4 is 9.96 Å². The van der Waals surface area contributed by atoms with Gasteiger partial charge in [0.1, 0.15) is 0 Å². The van der Waals surface area contributed by atoms with Crippen molar-refractivity contribution in [2.45, 2.75) is 34.6 Å². The molecule has 32 heavy (non-hydrogen) atoms. The van der Waals surface area contributed by atoms with Crippen LogP contribution in [0.3, 0.4) is 0 Å². The molecule has 0 unspecified atom stereocenters. The Morgan fingerprint density at radius 1 is 0.531 bits per heavy atom. The average molecular weight is 462 g/mol. The summed E-state index contributed by atoms with van der Waals surface area (Å²) in [5.74, 6) is 2.24. The maximum atomic E-state index is 6.86. The van der Waals surface area contributed by atoms with Gasteiger partial charge in [0, 0.05) is 0 Å². The predicted molar refractivity (Wildman–Crippen MR) is 126 cm³/mol. The first kappa shape index (κ1) is 22.4. The summed E-state index contributed by atoms with van der Waals surface area (Å²) < 4.78 is 21.7. The summed E-state index contributed by atoms with van der Waals surface area (Å²) in [6, 6.07) is 29.6. The summed E-state index contributed by atoms with van der Waals surface area (Å²) >= 11 is -4.24. The normalized spacial score (nSPS) is 15.7. The van der Waals surface area contributed by atoms with E-state index in [-0.39, 0.29) is 5.41 Å². The first-order valence-electron chi connectivity index (χ1n) is 11.0. The van der Waals surface area contributed by atoms with Crippen LogP contribution in [-0.2, 0) is 17.8 Å². The molecule has 4 heteroatoms. The van der Waals surface area contributed by atoms with Gasteiger partial charge in [-0.1, -0.05) is 0 Å². The molecule has 4 rings (SSSR count). The van der Waals surface area contributed by atoms with Gasteiger partial charge in [0.2, 0.25) is 0 Å². The zero-order chi connectivity index (χ0) is 22.8. The fourth-order valence-electron chi connectivity index (χ4n) is 4.35. The second-order valence-electron chi connectivity index (χ2n) is 8.68. The first-order valence-corrected chi connectivity index (χ1v) is 13.7. The molecule has 0 spiro atoms. The molecular formula is C28H30O3Ti. The Balaban J connectivity index is 1.94. The fourth-order valence-corrected chi connectivity index (χ4v) is 9.62. The van der Waals surface area contributed by atoms with Crippen LogP contribution in [0.2, 0.25) is 0 Å². The van der Waals surface area contributed by atoms with Gasteiger partial charge in [0.25, 0.3) is 0 Å². The van der Waals surface area contributed by atoms with Crippen molar-refractivity contribution in [2.75, 3.05) is 0 Å². The van der Waals surface area contributed by atoms with Crippen LogP contribution in [0.1, 0.15) is 34.6 Å². The molecule has 1 aliphatic rings. The van der Waals surface area contributed by atoms with E-state index in [0.29, 0.717) is 0 Å². The van der Waals surface area contributed by atoms with E-state index < -0.39 is 17.8 Å². The van der Waals surface area contributed by atoms with E-state index >= 15 is 0 Å². The summed E-state index contributed by atoms with van der Waals surface area (Å²) in [5.41, 5.74) is 3.57. The predicted octanol–water partition coefficient (Wildman–Crippen LogP) is 7.77. The van der Waals surface area contributed by atoms with Gasteiger partial charge in [-0.3, -0.25) is 0 Å². The molecular weight excluding hydrogens is 432 g/mol. The van der Waals surface area contributed by atoms with Crippen molar-refractivity contribution >= 4 is 0 Å². The van der Waals surface area contributed by atoms with Crippen molar-refractivity contribution < 1.29 is 27.7 Å². The van der Waals surface area contributed by atoms with Crippen LogP contribution in [0.5, 0.6) is 17.2 Å². The third kappa shape index (κ3) is 4.28. The quantitative estimate of drug-likeness (QED) is 0.336. The van der Waals surface area contributed by atoms with Gasteiger partial charge in [-0.05, 0) is 0 Å². The van der Waals surface area contributed by atoms with E-state index in [2.05, 4.69) is 34.6 Å². The van der Waals surface area contributed by atoms with E-state index in [9.17, 15) is 0 Å². The molecule has 3 nitrogen and oxygen atoms in total. The number of hydrogen-bond acceptors (Lipinski definition) is 3. The molecule has 164 valence electrons. The Morgan fingerprint density at radius 3 is 1.16 bits per heavy atom. The summed E-state index contributed by atoms with van der Waals surface area (Å²) in [5, 5.41) is 0. The third-order valence-electron chi connectivity index (χ3n) is 6.35. The van der Waals surface area contributed by atoms with Gasteiger partial charge >= 0.3 is 197 Å². The number of para-hydroxylation sites is 3. The van der Waals surface area contributed by atoms with E-state index in [1.165, 1.54) is 16.7 Å². The average Bonchev–Trinajstić information content (AvgIpc) is 2.95. The first-order chi connectivity index (χ1) is 15.3. The number of hydrogen-bond donors (Lipinski definition) is 0. The summed E-state index contributed by atoms with van der Waals surface area (Å²) in [6.45, 7) is 11.0. The molecule has 3 aromatic carbocycles. The fraction of sp³-hybridized carbons (Fsp3) is 0.214. The van der Waals surface area contributed by atoms with Crippen LogP contribution in [-0.4, -0.2) is 0 Å². The zero-order valence-corrected chi connectivity index (χ0v) is 20.9. The Bertz CT molecular complexity index is 1030. The molecule has 0 amide bonds. The number of rotatable bonds is 7. The topological polar surface area (TPSA) is 27.7 Å². The Hall–Kier alpha value is -2.75. The SMILES string of the molecule is CC1=C(C)C(C)(C)[C]([Ti]([O]c2ccccc2)([O]c2ccccc2)[O]c2ccccc2)=C1C. The van der Waals surface area contributed by atoms with Crippen LogP contribution in [0.4, 0.5) is 0 Å². The summed E-state index contributed by atoms with van der Waals surface area (Å²) in [6.07, 6.45) is 0. The van der Waals surface area contributed by atoms with E-state index in [0.717, 1.165) is 21.1 Å². The van der Waals surface area contributed by atoms with Crippen LogP contribution in [0.15, 0.2) is 112 Å². The van der Waals surface area contributed by atoms with Gasteiger partial charge < -0.3 is 0 Å². The van der Waals surface area contributed by atoms with Gasteiger partial charge in [0.05, 0.1) is 0 Å².